The molecule has 32 heavy (non-hydrogen) atoms. The van der Waals surface area contributed by atoms with Crippen molar-refractivity contribution < 1.29 is 9.90 Å². The molecule has 0 atom stereocenters. The number of nitriles is 1. The van der Waals surface area contributed by atoms with Gasteiger partial charge in [-0.25, -0.2) is 9.97 Å². The minimum Gasteiger partial charge on any atom is -0.504 e. The number of carbonyl (C=O) groups excluding carboxylic acids is 1. The summed E-state index contributed by atoms with van der Waals surface area (Å²) >= 11 is 11.7. The summed E-state index contributed by atoms with van der Waals surface area (Å²) in [5, 5.41) is 21.3. The van der Waals surface area contributed by atoms with Gasteiger partial charge in [-0.05, 0) is 29.8 Å². The Hall–Kier alpha value is -3.93. The summed E-state index contributed by atoms with van der Waals surface area (Å²) in [6.07, 6.45) is 1.39. The SMILES string of the molecule is N#Cc1ccccc1Cn1cnc2cccc(NC(=O)c3cc(Cl)c(O)c(Cl)n3)c2c1=O. The van der Waals surface area contributed by atoms with Gasteiger partial charge in [0.25, 0.3) is 11.5 Å². The fourth-order valence-electron chi connectivity index (χ4n) is 3.15. The number of anilines is 1. The first-order chi connectivity index (χ1) is 15.4. The molecule has 2 heterocycles. The molecule has 2 N–H and O–H groups in total. The number of fused-ring (bicyclic) bond motifs is 1. The smallest absolute Gasteiger partial charge is 0.274 e. The first kappa shape index (κ1) is 21.3. The molecule has 0 bridgehead atoms. The summed E-state index contributed by atoms with van der Waals surface area (Å²) in [6, 6.07) is 15.1. The molecule has 0 aliphatic rings. The lowest BCUT2D eigenvalue weighted by Gasteiger charge is -2.12. The number of benzene rings is 2. The second-order valence-electron chi connectivity index (χ2n) is 6.73. The van der Waals surface area contributed by atoms with E-state index in [2.05, 4.69) is 21.4 Å². The Bertz CT molecular complexity index is 1450. The van der Waals surface area contributed by atoms with Crippen molar-refractivity contribution in [2.75, 3.05) is 5.32 Å². The van der Waals surface area contributed by atoms with Crippen molar-refractivity contribution in [3.63, 3.8) is 0 Å². The Morgan fingerprint density at radius 3 is 2.72 bits per heavy atom. The van der Waals surface area contributed by atoms with E-state index in [0.717, 1.165) is 0 Å². The summed E-state index contributed by atoms with van der Waals surface area (Å²) in [5.74, 6) is -1.11. The third-order valence-electron chi connectivity index (χ3n) is 4.72. The van der Waals surface area contributed by atoms with Gasteiger partial charge in [-0.1, -0.05) is 47.5 Å². The summed E-state index contributed by atoms with van der Waals surface area (Å²) in [4.78, 5) is 34.1. The normalized spacial score (nSPS) is 10.7. The summed E-state index contributed by atoms with van der Waals surface area (Å²) in [6.45, 7) is 0.137. The van der Waals surface area contributed by atoms with Crippen LogP contribution in [0, 0.1) is 11.3 Å². The molecular weight excluding hydrogens is 453 g/mol. The molecule has 2 aromatic heterocycles. The van der Waals surface area contributed by atoms with Crippen LogP contribution in [0.2, 0.25) is 10.2 Å². The molecular formula is C22H13Cl2N5O3. The molecule has 0 aliphatic heterocycles. The first-order valence-corrected chi connectivity index (χ1v) is 9.97. The van der Waals surface area contributed by atoms with Crippen LogP contribution < -0.4 is 10.9 Å². The second-order valence-corrected chi connectivity index (χ2v) is 7.49. The molecule has 8 nitrogen and oxygen atoms in total. The van der Waals surface area contributed by atoms with Crippen molar-refractivity contribution in [2.45, 2.75) is 6.54 Å². The Kier molecular flexibility index (Phi) is 5.77. The van der Waals surface area contributed by atoms with E-state index in [1.165, 1.54) is 17.0 Å². The molecule has 0 unspecified atom stereocenters. The lowest BCUT2D eigenvalue weighted by molar-refractivity contribution is 0.102. The number of halogens is 2. The molecule has 10 heteroatoms. The van der Waals surface area contributed by atoms with E-state index in [1.54, 1.807) is 42.5 Å². The largest absolute Gasteiger partial charge is 0.504 e. The fraction of sp³-hybridized carbons (Fsp3) is 0.0455. The molecule has 158 valence electrons. The Labute approximate surface area is 191 Å². The van der Waals surface area contributed by atoms with Crippen LogP contribution in [-0.4, -0.2) is 25.5 Å². The Morgan fingerprint density at radius 2 is 1.97 bits per heavy atom. The predicted octanol–water partition coefficient (Wildman–Crippen LogP) is 3.98. The molecule has 0 fully saturated rings. The lowest BCUT2D eigenvalue weighted by Crippen LogP contribution is -2.23. The van der Waals surface area contributed by atoms with Crippen LogP contribution in [-0.2, 0) is 6.54 Å². The molecule has 2 aromatic carbocycles. The molecule has 0 spiro atoms. The maximum absolute atomic E-state index is 13.2. The van der Waals surface area contributed by atoms with E-state index in [0.29, 0.717) is 16.6 Å². The monoisotopic (exact) mass is 465 g/mol. The number of pyridine rings is 1. The number of nitrogens with zero attached hydrogens (tertiary/aromatic N) is 4. The quantitative estimate of drug-likeness (QED) is 0.439. The number of amides is 1. The maximum atomic E-state index is 13.2. The number of nitrogens with one attached hydrogen (secondary N) is 1. The van der Waals surface area contributed by atoms with Gasteiger partial charge in [0.2, 0.25) is 0 Å². The van der Waals surface area contributed by atoms with Gasteiger partial charge < -0.3 is 10.4 Å². The number of aromatic nitrogens is 3. The van der Waals surface area contributed by atoms with E-state index in [-0.39, 0.29) is 33.5 Å². The summed E-state index contributed by atoms with van der Waals surface area (Å²) < 4.78 is 1.36. The van der Waals surface area contributed by atoms with Gasteiger partial charge in [-0.2, -0.15) is 5.26 Å². The highest BCUT2D eigenvalue weighted by Crippen LogP contribution is 2.30. The second kappa shape index (κ2) is 8.67. The van der Waals surface area contributed by atoms with Crippen LogP contribution in [0.25, 0.3) is 10.9 Å². The third kappa shape index (κ3) is 3.99. The zero-order valence-corrected chi connectivity index (χ0v) is 17.7. The van der Waals surface area contributed by atoms with Crippen molar-refractivity contribution in [3.05, 3.63) is 92.2 Å². The molecule has 4 rings (SSSR count). The molecule has 1 amide bonds. The molecule has 0 radical (unpaired) electrons. The highest BCUT2D eigenvalue weighted by molar-refractivity contribution is 6.36. The van der Waals surface area contributed by atoms with E-state index >= 15 is 0 Å². The first-order valence-electron chi connectivity index (χ1n) is 9.21. The number of hydrogen-bond acceptors (Lipinski definition) is 6. The molecule has 0 saturated heterocycles. The van der Waals surface area contributed by atoms with Gasteiger partial charge in [0.15, 0.2) is 10.9 Å². The summed E-state index contributed by atoms with van der Waals surface area (Å²) in [5.41, 5.74) is 1.18. The lowest BCUT2D eigenvalue weighted by atomic mass is 10.1. The van der Waals surface area contributed by atoms with E-state index in [4.69, 9.17) is 23.2 Å². The Balaban J connectivity index is 1.75. The van der Waals surface area contributed by atoms with Crippen molar-refractivity contribution in [3.8, 4) is 11.8 Å². The average Bonchev–Trinajstić information content (AvgIpc) is 2.79. The topological polar surface area (TPSA) is 121 Å². The van der Waals surface area contributed by atoms with Gasteiger partial charge in [0.05, 0.1) is 46.1 Å². The number of carbonyl (C=O) groups is 1. The van der Waals surface area contributed by atoms with Crippen molar-refractivity contribution in [2.24, 2.45) is 0 Å². The highest BCUT2D eigenvalue weighted by atomic mass is 35.5. The van der Waals surface area contributed by atoms with Crippen LogP contribution in [0.1, 0.15) is 21.6 Å². The van der Waals surface area contributed by atoms with Crippen molar-refractivity contribution >= 4 is 45.7 Å². The van der Waals surface area contributed by atoms with E-state index in [1.807, 2.05) is 0 Å². The van der Waals surface area contributed by atoms with Crippen LogP contribution in [0.5, 0.6) is 5.75 Å². The average molecular weight is 466 g/mol. The van der Waals surface area contributed by atoms with Gasteiger partial charge in [0, 0.05) is 0 Å². The van der Waals surface area contributed by atoms with E-state index < -0.39 is 17.2 Å². The molecule has 4 aromatic rings. The van der Waals surface area contributed by atoms with Gasteiger partial charge in [-0.3, -0.25) is 14.2 Å². The number of rotatable bonds is 4. The summed E-state index contributed by atoms with van der Waals surface area (Å²) in [7, 11) is 0. The fourth-order valence-corrected chi connectivity index (χ4v) is 3.58. The van der Waals surface area contributed by atoms with Crippen LogP contribution in [0.4, 0.5) is 5.69 Å². The number of hydrogen-bond donors (Lipinski definition) is 2. The van der Waals surface area contributed by atoms with Crippen molar-refractivity contribution in [1.29, 1.82) is 5.26 Å². The van der Waals surface area contributed by atoms with Gasteiger partial charge >= 0.3 is 0 Å². The zero-order chi connectivity index (χ0) is 22.8. The third-order valence-corrected chi connectivity index (χ3v) is 5.27. The number of aromatic hydroxyl groups is 1. The maximum Gasteiger partial charge on any atom is 0.274 e. The van der Waals surface area contributed by atoms with E-state index in [9.17, 15) is 20.0 Å². The minimum absolute atomic E-state index is 0.131. The van der Waals surface area contributed by atoms with Gasteiger partial charge in [-0.15, -0.1) is 0 Å². The van der Waals surface area contributed by atoms with Crippen LogP contribution >= 0.6 is 23.2 Å². The molecule has 0 aliphatic carbocycles. The highest BCUT2D eigenvalue weighted by Gasteiger charge is 2.17. The Morgan fingerprint density at radius 1 is 1.19 bits per heavy atom. The molecule has 0 saturated carbocycles. The standard InChI is InChI=1S/C22H13Cl2N5O3/c23-14-8-17(27-20(24)19(14)30)21(31)28-16-7-3-6-15-18(16)22(32)29(11-26-15)10-13-5-2-1-4-12(13)9-25/h1-8,11,30H,10H2,(H,28,31). The van der Waals surface area contributed by atoms with Crippen LogP contribution in [0.3, 0.4) is 0 Å². The predicted molar refractivity (Wildman–Crippen MR) is 120 cm³/mol. The van der Waals surface area contributed by atoms with Crippen LogP contribution in [0.15, 0.2) is 59.7 Å². The van der Waals surface area contributed by atoms with Crippen molar-refractivity contribution in [1.82, 2.24) is 14.5 Å². The minimum atomic E-state index is -0.675. The van der Waals surface area contributed by atoms with Gasteiger partial charge in [0.1, 0.15) is 5.69 Å². The zero-order valence-electron chi connectivity index (χ0n) is 16.2.